The van der Waals surface area contributed by atoms with Gasteiger partial charge >= 0.3 is 0 Å². The second kappa shape index (κ2) is 10.8. The topological polar surface area (TPSA) is 61.3 Å². The van der Waals surface area contributed by atoms with Crippen LogP contribution in [-0.4, -0.2) is 32.2 Å². The number of rotatable bonds is 7. The van der Waals surface area contributed by atoms with E-state index in [-0.39, 0.29) is 28.8 Å². The maximum Gasteiger partial charge on any atom is 0.251 e. The Bertz CT molecular complexity index is 122. The summed E-state index contributed by atoms with van der Waals surface area (Å²) >= 11 is 0. The number of nitrogens with two attached hydrogens (primary N) is 2. The fraction of sp³-hybridized carbons (Fsp3) is 1.00. The summed E-state index contributed by atoms with van der Waals surface area (Å²) in [6, 6.07) is 0. The van der Waals surface area contributed by atoms with E-state index in [0.717, 1.165) is 0 Å². The fourth-order valence-corrected chi connectivity index (χ4v) is 0.743. The smallest absolute Gasteiger partial charge is 0.251 e. The van der Waals surface area contributed by atoms with Crippen molar-refractivity contribution in [3.63, 3.8) is 0 Å². The Balaban J connectivity index is -0.000000169. The highest BCUT2D eigenvalue weighted by Gasteiger charge is 2.26. The SMILES string of the molecule is CC.NCCOCCC(F)(F)CCN.[HH].[HH]. The molecule has 0 aliphatic heterocycles. The first-order valence-corrected chi connectivity index (χ1v) is 4.98. The van der Waals surface area contributed by atoms with Crippen molar-refractivity contribution in [3.8, 4) is 0 Å². The number of halogens is 2. The molecule has 92 valence electrons. The van der Waals surface area contributed by atoms with Gasteiger partial charge < -0.3 is 16.2 Å². The van der Waals surface area contributed by atoms with E-state index in [4.69, 9.17) is 16.2 Å². The van der Waals surface area contributed by atoms with Gasteiger partial charge in [0, 0.05) is 22.2 Å². The second-order valence-electron chi connectivity index (χ2n) is 2.55. The molecule has 0 spiro atoms. The lowest BCUT2D eigenvalue weighted by Gasteiger charge is -2.14. The van der Waals surface area contributed by atoms with Gasteiger partial charge in [0.25, 0.3) is 5.92 Å². The molecule has 14 heavy (non-hydrogen) atoms. The zero-order chi connectivity index (χ0) is 11.4. The highest BCUT2D eigenvalue weighted by atomic mass is 19.3. The van der Waals surface area contributed by atoms with Crippen LogP contribution >= 0.6 is 0 Å². The van der Waals surface area contributed by atoms with E-state index in [1.54, 1.807) is 0 Å². The number of alkyl halides is 2. The number of hydrogen-bond acceptors (Lipinski definition) is 3. The summed E-state index contributed by atoms with van der Waals surface area (Å²) in [5, 5.41) is 0. The van der Waals surface area contributed by atoms with E-state index in [1.807, 2.05) is 13.8 Å². The molecule has 0 unspecified atom stereocenters. The molecule has 0 aromatic heterocycles. The summed E-state index contributed by atoms with van der Waals surface area (Å²) in [5.74, 6) is -2.69. The molecule has 0 aromatic rings. The predicted molar refractivity (Wildman–Crippen MR) is 58.7 cm³/mol. The Morgan fingerprint density at radius 1 is 1.07 bits per heavy atom. The van der Waals surface area contributed by atoms with Gasteiger partial charge in [-0.1, -0.05) is 13.8 Å². The van der Waals surface area contributed by atoms with Crippen molar-refractivity contribution in [3.05, 3.63) is 0 Å². The molecule has 0 aromatic carbocycles. The van der Waals surface area contributed by atoms with Crippen molar-refractivity contribution in [2.24, 2.45) is 11.5 Å². The minimum atomic E-state index is -2.69. The molecule has 0 radical (unpaired) electrons. The standard InChI is InChI=1S/C7H16F2N2O.C2H6.2H2/c8-7(9,1-3-10)2-5-12-6-4-11;1-2;;/h1-6,10-11H2;1-2H3;2*1H. The summed E-state index contributed by atoms with van der Waals surface area (Å²) in [6.45, 7) is 4.75. The lowest BCUT2D eigenvalue weighted by Crippen LogP contribution is -2.23. The van der Waals surface area contributed by atoms with E-state index in [2.05, 4.69) is 0 Å². The summed E-state index contributed by atoms with van der Waals surface area (Å²) in [6.07, 6.45) is -0.552. The van der Waals surface area contributed by atoms with Crippen molar-refractivity contribution in [2.75, 3.05) is 26.3 Å². The molecule has 0 fully saturated rings. The minimum absolute atomic E-state index is 0. The third kappa shape index (κ3) is 11.7. The van der Waals surface area contributed by atoms with Crippen LogP contribution in [0.25, 0.3) is 0 Å². The Morgan fingerprint density at radius 3 is 2.07 bits per heavy atom. The monoisotopic (exact) mass is 216 g/mol. The first kappa shape index (κ1) is 16.2. The molecule has 5 heteroatoms. The quantitative estimate of drug-likeness (QED) is 0.638. The Kier molecular flexibility index (Phi) is 12.5. The zero-order valence-corrected chi connectivity index (χ0v) is 9.06. The third-order valence-electron chi connectivity index (χ3n) is 1.38. The largest absolute Gasteiger partial charge is 0.380 e. The van der Waals surface area contributed by atoms with Crippen LogP contribution in [-0.2, 0) is 4.74 Å². The lowest BCUT2D eigenvalue weighted by molar-refractivity contribution is -0.0369. The Morgan fingerprint density at radius 2 is 1.64 bits per heavy atom. The van der Waals surface area contributed by atoms with Crippen LogP contribution in [0, 0.1) is 0 Å². The molecule has 0 bridgehead atoms. The van der Waals surface area contributed by atoms with E-state index in [0.29, 0.717) is 13.2 Å². The molecule has 0 saturated heterocycles. The van der Waals surface area contributed by atoms with Crippen molar-refractivity contribution < 1.29 is 16.4 Å². The van der Waals surface area contributed by atoms with Crippen LogP contribution in [0.15, 0.2) is 0 Å². The van der Waals surface area contributed by atoms with Gasteiger partial charge in [-0.2, -0.15) is 0 Å². The minimum Gasteiger partial charge on any atom is -0.380 e. The molecule has 0 atom stereocenters. The van der Waals surface area contributed by atoms with Gasteiger partial charge in [-0.3, -0.25) is 0 Å². The highest BCUT2D eigenvalue weighted by molar-refractivity contribution is 4.65. The molecule has 4 N–H and O–H groups in total. The predicted octanol–water partition coefficient (Wildman–Crippen LogP) is 1.85. The molecule has 0 aliphatic rings. The van der Waals surface area contributed by atoms with Crippen LogP contribution in [0.3, 0.4) is 0 Å². The normalized spacial score (nSPS) is 10.7. The van der Waals surface area contributed by atoms with E-state index in [9.17, 15) is 8.78 Å². The summed E-state index contributed by atoms with van der Waals surface area (Å²) in [5.41, 5.74) is 10.1. The van der Waals surface area contributed by atoms with Crippen LogP contribution < -0.4 is 11.5 Å². The number of ether oxygens (including phenoxy) is 1. The van der Waals surface area contributed by atoms with Gasteiger partial charge in [0.05, 0.1) is 13.2 Å². The van der Waals surface area contributed by atoms with Crippen LogP contribution in [0.1, 0.15) is 29.5 Å². The number of hydrogen-bond donors (Lipinski definition) is 2. The summed E-state index contributed by atoms with van der Waals surface area (Å²) < 4.78 is 30.1. The molecule has 0 heterocycles. The molecular formula is C9H26F2N2O. The van der Waals surface area contributed by atoms with Gasteiger partial charge in [-0.05, 0) is 6.54 Å². The van der Waals surface area contributed by atoms with Crippen molar-refractivity contribution >= 4 is 0 Å². The van der Waals surface area contributed by atoms with E-state index >= 15 is 0 Å². The molecule has 0 amide bonds. The van der Waals surface area contributed by atoms with Crippen LogP contribution in [0.4, 0.5) is 8.78 Å². The van der Waals surface area contributed by atoms with Gasteiger partial charge in [0.15, 0.2) is 0 Å². The van der Waals surface area contributed by atoms with E-state index in [1.165, 1.54) is 0 Å². The molecule has 3 nitrogen and oxygen atoms in total. The summed E-state index contributed by atoms with van der Waals surface area (Å²) in [7, 11) is 0. The summed E-state index contributed by atoms with van der Waals surface area (Å²) in [4.78, 5) is 0. The maximum atomic E-state index is 12.7. The average molecular weight is 216 g/mol. The average Bonchev–Trinajstić information content (AvgIpc) is 2.16. The van der Waals surface area contributed by atoms with Gasteiger partial charge in [0.1, 0.15) is 0 Å². The van der Waals surface area contributed by atoms with Gasteiger partial charge in [-0.25, -0.2) is 8.78 Å². The van der Waals surface area contributed by atoms with Crippen LogP contribution in [0.2, 0.25) is 0 Å². The molecular weight excluding hydrogens is 190 g/mol. The lowest BCUT2D eigenvalue weighted by atomic mass is 10.2. The van der Waals surface area contributed by atoms with E-state index < -0.39 is 5.92 Å². The Labute approximate surface area is 87.8 Å². The molecule has 0 rings (SSSR count). The first-order valence-electron chi connectivity index (χ1n) is 4.98. The van der Waals surface area contributed by atoms with Crippen molar-refractivity contribution in [1.82, 2.24) is 0 Å². The van der Waals surface area contributed by atoms with Crippen LogP contribution in [0.5, 0.6) is 0 Å². The first-order chi connectivity index (χ1) is 6.62. The fourth-order valence-electron chi connectivity index (χ4n) is 0.743. The maximum absolute atomic E-state index is 12.7. The molecule has 0 aliphatic carbocycles. The van der Waals surface area contributed by atoms with Gasteiger partial charge in [0.2, 0.25) is 0 Å². The second-order valence-corrected chi connectivity index (χ2v) is 2.55. The third-order valence-corrected chi connectivity index (χ3v) is 1.38. The van der Waals surface area contributed by atoms with Crippen molar-refractivity contribution in [1.29, 1.82) is 0 Å². The zero-order valence-electron chi connectivity index (χ0n) is 9.06. The molecule has 0 saturated carbocycles. The Hall–Kier alpha value is -0.260. The van der Waals surface area contributed by atoms with Gasteiger partial charge in [-0.15, -0.1) is 0 Å². The highest BCUT2D eigenvalue weighted by Crippen LogP contribution is 2.21. The van der Waals surface area contributed by atoms with Crippen molar-refractivity contribution in [2.45, 2.75) is 32.6 Å².